The summed E-state index contributed by atoms with van der Waals surface area (Å²) in [6.07, 6.45) is 2.09. The summed E-state index contributed by atoms with van der Waals surface area (Å²) in [4.78, 5) is 1.26. The molecule has 0 aliphatic carbocycles. The number of phenolic OH excluding ortho intramolecular Hbond substituents is 1. The lowest BCUT2D eigenvalue weighted by Gasteiger charge is -2.21. The molecule has 0 aliphatic heterocycles. The van der Waals surface area contributed by atoms with Gasteiger partial charge in [0.1, 0.15) is 5.75 Å². The molecule has 1 nitrogen and oxygen atoms in total. The second kappa shape index (κ2) is 7.27. The van der Waals surface area contributed by atoms with E-state index in [0.29, 0.717) is 5.75 Å². The maximum atomic E-state index is 9.72. The first kappa shape index (κ1) is 16.7. The highest BCUT2D eigenvalue weighted by atomic mass is 32.2. The summed E-state index contributed by atoms with van der Waals surface area (Å²) in [5, 5.41) is 12.2. The van der Waals surface area contributed by atoms with Crippen LogP contribution in [0.3, 0.4) is 0 Å². The Morgan fingerprint density at radius 2 is 1.31 bits per heavy atom. The lowest BCUT2D eigenvalue weighted by molar-refractivity contribution is 0.475. The molecular weight excluding hydrogens is 336 g/mol. The van der Waals surface area contributed by atoms with E-state index in [4.69, 9.17) is 0 Å². The van der Waals surface area contributed by atoms with Crippen LogP contribution in [0.15, 0.2) is 95.9 Å². The van der Waals surface area contributed by atoms with E-state index < -0.39 is 0 Å². The average Bonchev–Trinajstić information content (AvgIpc) is 2.70. The van der Waals surface area contributed by atoms with Crippen LogP contribution < -0.4 is 0 Å². The number of phenols is 1. The van der Waals surface area contributed by atoms with Crippen molar-refractivity contribution in [3.05, 3.63) is 108 Å². The Balaban J connectivity index is 1.93. The molecule has 1 N–H and O–H groups in total. The van der Waals surface area contributed by atoms with Crippen molar-refractivity contribution in [3.63, 3.8) is 0 Å². The highest BCUT2D eigenvalue weighted by Crippen LogP contribution is 2.37. The van der Waals surface area contributed by atoms with Gasteiger partial charge in [-0.25, -0.2) is 0 Å². The zero-order valence-electron chi connectivity index (χ0n) is 14.6. The van der Waals surface area contributed by atoms with Gasteiger partial charge < -0.3 is 5.11 Å². The Morgan fingerprint density at radius 3 is 2.00 bits per heavy atom. The minimum atomic E-state index is 0.123. The zero-order valence-corrected chi connectivity index (χ0v) is 15.4. The molecule has 0 heterocycles. The van der Waals surface area contributed by atoms with Crippen LogP contribution in [-0.2, 0) is 0 Å². The van der Waals surface area contributed by atoms with Gasteiger partial charge >= 0.3 is 0 Å². The fraction of sp³-hybridized carbons (Fsp3) is 0.0833. The van der Waals surface area contributed by atoms with Crippen LogP contribution in [-0.4, -0.2) is 11.4 Å². The lowest BCUT2D eigenvalue weighted by atomic mass is 9.83. The molecule has 1 unspecified atom stereocenters. The van der Waals surface area contributed by atoms with Crippen LogP contribution in [0.25, 0.3) is 10.8 Å². The largest absolute Gasteiger partial charge is 0.508 e. The molecule has 0 saturated heterocycles. The van der Waals surface area contributed by atoms with Crippen LogP contribution >= 0.6 is 11.8 Å². The highest BCUT2D eigenvalue weighted by Gasteiger charge is 2.19. The van der Waals surface area contributed by atoms with E-state index in [1.807, 2.05) is 12.1 Å². The number of thioether (sulfide) groups is 1. The summed E-state index contributed by atoms with van der Waals surface area (Å²) in [6, 6.07) is 31.4. The quantitative estimate of drug-likeness (QED) is 0.335. The molecular formula is C24H20OS. The first-order valence-corrected chi connectivity index (χ1v) is 9.89. The minimum Gasteiger partial charge on any atom is -0.508 e. The molecule has 0 aromatic heterocycles. The summed E-state index contributed by atoms with van der Waals surface area (Å²) in [5.74, 6) is 0.417. The van der Waals surface area contributed by atoms with Gasteiger partial charge in [-0.15, -0.1) is 11.8 Å². The van der Waals surface area contributed by atoms with E-state index >= 15 is 0 Å². The Hall–Kier alpha value is -2.71. The molecule has 0 aliphatic rings. The van der Waals surface area contributed by atoms with Gasteiger partial charge in [-0.2, -0.15) is 0 Å². The first-order valence-electron chi connectivity index (χ1n) is 8.67. The number of hydrogen-bond donors (Lipinski definition) is 1. The van der Waals surface area contributed by atoms with Crippen LogP contribution in [0.5, 0.6) is 5.75 Å². The summed E-state index contributed by atoms with van der Waals surface area (Å²) in [5.41, 5.74) is 3.71. The van der Waals surface area contributed by atoms with E-state index in [2.05, 4.69) is 73.0 Å². The number of fused-ring (bicyclic) bond motifs is 1. The third-order valence-electron chi connectivity index (χ3n) is 4.81. The Bertz CT molecular complexity index is 1010. The molecule has 0 fully saturated rings. The second-order valence-electron chi connectivity index (χ2n) is 6.37. The fourth-order valence-electron chi connectivity index (χ4n) is 3.52. The van der Waals surface area contributed by atoms with Crippen LogP contribution in [0.1, 0.15) is 22.6 Å². The predicted molar refractivity (Wildman–Crippen MR) is 111 cm³/mol. The van der Waals surface area contributed by atoms with Gasteiger partial charge in [0.05, 0.1) is 0 Å². The van der Waals surface area contributed by atoms with Crippen molar-refractivity contribution in [2.24, 2.45) is 0 Å². The molecule has 0 spiro atoms. The van der Waals surface area contributed by atoms with Crippen molar-refractivity contribution in [3.8, 4) is 5.75 Å². The third kappa shape index (κ3) is 3.21. The van der Waals surface area contributed by atoms with E-state index in [1.165, 1.54) is 32.4 Å². The van der Waals surface area contributed by atoms with Gasteiger partial charge in [-0.1, -0.05) is 66.7 Å². The Labute approximate surface area is 158 Å². The summed E-state index contributed by atoms with van der Waals surface area (Å²) in [6.45, 7) is 0. The van der Waals surface area contributed by atoms with Crippen LogP contribution in [0, 0.1) is 0 Å². The summed E-state index contributed by atoms with van der Waals surface area (Å²) < 4.78 is 0. The smallest absolute Gasteiger partial charge is 0.115 e. The molecule has 1 atom stereocenters. The Kier molecular flexibility index (Phi) is 4.68. The molecule has 4 aromatic rings. The van der Waals surface area contributed by atoms with Crippen molar-refractivity contribution in [1.29, 1.82) is 0 Å². The van der Waals surface area contributed by atoms with Crippen molar-refractivity contribution < 1.29 is 5.11 Å². The number of hydrogen-bond acceptors (Lipinski definition) is 2. The SMILES string of the molecule is CSc1ccc(C(c2ccc(O)cc2)c2cccc3ccccc23)cc1. The molecule has 4 rings (SSSR count). The van der Waals surface area contributed by atoms with E-state index in [9.17, 15) is 5.11 Å². The van der Waals surface area contributed by atoms with Gasteiger partial charge in [-0.05, 0) is 58.0 Å². The van der Waals surface area contributed by atoms with E-state index in [0.717, 1.165) is 0 Å². The monoisotopic (exact) mass is 356 g/mol. The molecule has 4 aromatic carbocycles. The van der Waals surface area contributed by atoms with E-state index in [-0.39, 0.29) is 5.92 Å². The minimum absolute atomic E-state index is 0.123. The maximum absolute atomic E-state index is 9.72. The molecule has 0 saturated carbocycles. The molecule has 0 bridgehead atoms. The fourth-order valence-corrected chi connectivity index (χ4v) is 3.93. The molecule has 0 amide bonds. The van der Waals surface area contributed by atoms with Gasteiger partial charge in [-0.3, -0.25) is 0 Å². The molecule has 2 heteroatoms. The van der Waals surface area contributed by atoms with Gasteiger partial charge in [0.25, 0.3) is 0 Å². The van der Waals surface area contributed by atoms with E-state index in [1.54, 1.807) is 23.9 Å². The first-order chi connectivity index (χ1) is 12.8. The van der Waals surface area contributed by atoms with Crippen molar-refractivity contribution in [2.45, 2.75) is 10.8 Å². The number of rotatable bonds is 4. The number of benzene rings is 4. The zero-order chi connectivity index (χ0) is 17.9. The van der Waals surface area contributed by atoms with Crippen molar-refractivity contribution >= 4 is 22.5 Å². The topological polar surface area (TPSA) is 20.2 Å². The van der Waals surface area contributed by atoms with Gasteiger partial charge in [0.2, 0.25) is 0 Å². The van der Waals surface area contributed by atoms with Crippen molar-refractivity contribution in [2.75, 3.05) is 6.26 Å². The van der Waals surface area contributed by atoms with Gasteiger partial charge in [0, 0.05) is 10.8 Å². The highest BCUT2D eigenvalue weighted by molar-refractivity contribution is 7.98. The van der Waals surface area contributed by atoms with Crippen molar-refractivity contribution in [1.82, 2.24) is 0 Å². The lowest BCUT2D eigenvalue weighted by Crippen LogP contribution is -2.04. The van der Waals surface area contributed by atoms with Gasteiger partial charge in [0.15, 0.2) is 0 Å². The molecule has 128 valence electrons. The normalized spacial score (nSPS) is 12.2. The predicted octanol–water partition coefficient (Wildman–Crippen LogP) is 6.45. The second-order valence-corrected chi connectivity index (χ2v) is 7.25. The third-order valence-corrected chi connectivity index (χ3v) is 5.55. The van der Waals surface area contributed by atoms with Crippen LogP contribution in [0.4, 0.5) is 0 Å². The van der Waals surface area contributed by atoms with Crippen LogP contribution in [0.2, 0.25) is 0 Å². The average molecular weight is 356 g/mol. The number of aromatic hydroxyl groups is 1. The Morgan fingerprint density at radius 1 is 0.692 bits per heavy atom. The maximum Gasteiger partial charge on any atom is 0.115 e. The summed E-state index contributed by atoms with van der Waals surface area (Å²) in [7, 11) is 0. The summed E-state index contributed by atoms with van der Waals surface area (Å²) >= 11 is 1.75. The standard InChI is InChI=1S/C24H20OS/c1-26-21-15-11-19(12-16-21)24(18-9-13-20(25)14-10-18)23-8-4-6-17-5-2-3-7-22(17)23/h2-16,24-25H,1H3. The molecule has 26 heavy (non-hydrogen) atoms. The molecule has 0 radical (unpaired) electrons.